The topological polar surface area (TPSA) is 87.7 Å². The lowest BCUT2D eigenvalue weighted by Gasteiger charge is -2.02. The van der Waals surface area contributed by atoms with Crippen molar-refractivity contribution in [3.05, 3.63) is 0 Å². The highest BCUT2D eigenvalue weighted by molar-refractivity contribution is 5.79. The second-order valence-electron chi connectivity index (χ2n) is 2.79. The van der Waals surface area contributed by atoms with Crippen molar-refractivity contribution in [3.8, 4) is 0 Å². The minimum atomic E-state index is 0.0574. The Kier molecular flexibility index (Phi) is 6.68. The summed E-state index contributed by atoms with van der Waals surface area (Å²) in [5, 5.41) is 13.8. The smallest absolute Gasteiger partial charge is 0.219 e. The first-order valence-electron chi connectivity index (χ1n) is 4.43. The van der Waals surface area contributed by atoms with E-state index in [4.69, 9.17) is 10.9 Å². The quantitative estimate of drug-likeness (QED) is 0.185. The Morgan fingerprint density at radius 3 is 2.77 bits per heavy atom. The average Bonchev–Trinajstić information content (AvgIpc) is 2.12. The highest BCUT2D eigenvalue weighted by Gasteiger charge is 1.98. The van der Waals surface area contributed by atoms with Crippen LogP contribution in [0.4, 0.5) is 0 Å². The highest BCUT2D eigenvalue weighted by atomic mass is 16.4. The number of amidine groups is 1. The molecule has 5 nitrogen and oxygen atoms in total. The van der Waals surface area contributed by atoms with E-state index in [0.717, 1.165) is 6.42 Å². The molecule has 0 aliphatic carbocycles. The van der Waals surface area contributed by atoms with Gasteiger partial charge in [0.2, 0.25) is 5.91 Å². The molecule has 0 radical (unpaired) electrons. The molecule has 5 heteroatoms. The van der Waals surface area contributed by atoms with Crippen molar-refractivity contribution in [2.45, 2.75) is 32.6 Å². The number of hydrogen-bond donors (Lipinski definition) is 3. The van der Waals surface area contributed by atoms with Crippen LogP contribution in [0.2, 0.25) is 0 Å². The molecule has 0 aliphatic rings. The van der Waals surface area contributed by atoms with Gasteiger partial charge in [-0.1, -0.05) is 12.1 Å². The molecule has 0 fully saturated rings. The Hall–Kier alpha value is -1.26. The maximum Gasteiger partial charge on any atom is 0.219 e. The van der Waals surface area contributed by atoms with E-state index in [1.807, 2.05) is 6.92 Å². The third-order valence-corrected chi connectivity index (χ3v) is 1.54. The van der Waals surface area contributed by atoms with E-state index in [9.17, 15) is 4.79 Å². The zero-order chi connectivity index (χ0) is 10.1. The van der Waals surface area contributed by atoms with Crippen LogP contribution in [-0.2, 0) is 4.79 Å². The summed E-state index contributed by atoms with van der Waals surface area (Å²) < 4.78 is 0. The van der Waals surface area contributed by atoms with Gasteiger partial charge in [-0.15, -0.1) is 0 Å². The number of nitrogens with one attached hydrogen (secondary N) is 1. The molecule has 0 bridgehead atoms. The number of carbonyl (C=O) groups is 1. The van der Waals surface area contributed by atoms with E-state index in [1.54, 1.807) is 0 Å². The first kappa shape index (κ1) is 11.7. The maximum atomic E-state index is 10.9. The van der Waals surface area contributed by atoms with Gasteiger partial charge in [0, 0.05) is 19.4 Å². The van der Waals surface area contributed by atoms with Crippen LogP contribution < -0.4 is 11.1 Å². The van der Waals surface area contributed by atoms with Gasteiger partial charge < -0.3 is 16.3 Å². The summed E-state index contributed by atoms with van der Waals surface area (Å²) in [6, 6.07) is 0. The number of rotatable bonds is 6. The van der Waals surface area contributed by atoms with Crippen LogP contribution in [0, 0.1) is 0 Å². The largest absolute Gasteiger partial charge is 0.409 e. The number of hydrogen-bond acceptors (Lipinski definition) is 3. The van der Waals surface area contributed by atoms with Crippen molar-refractivity contribution in [2.75, 3.05) is 6.54 Å². The third-order valence-electron chi connectivity index (χ3n) is 1.54. The zero-order valence-corrected chi connectivity index (χ0v) is 7.92. The molecule has 0 rings (SSSR count). The van der Waals surface area contributed by atoms with Crippen LogP contribution in [0.1, 0.15) is 32.6 Å². The molecule has 0 aliphatic heterocycles. The normalized spacial score (nSPS) is 11.3. The first-order valence-corrected chi connectivity index (χ1v) is 4.43. The zero-order valence-electron chi connectivity index (χ0n) is 7.92. The monoisotopic (exact) mass is 187 g/mol. The Morgan fingerprint density at radius 1 is 1.54 bits per heavy atom. The number of nitrogens with two attached hydrogens (primary N) is 1. The molecule has 4 N–H and O–H groups in total. The number of oxime groups is 1. The average molecular weight is 187 g/mol. The van der Waals surface area contributed by atoms with Gasteiger partial charge in [0.1, 0.15) is 5.84 Å². The van der Waals surface area contributed by atoms with Crippen molar-refractivity contribution < 1.29 is 10.0 Å². The van der Waals surface area contributed by atoms with Crippen molar-refractivity contribution in [3.63, 3.8) is 0 Å². The number of nitrogens with zero attached hydrogens (tertiary/aromatic N) is 1. The lowest BCUT2D eigenvalue weighted by Crippen LogP contribution is -2.25. The van der Waals surface area contributed by atoms with E-state index in [-0.39, 0.29) is 11.7 Å². The molecule has 13 heavy (non-hydrogen) atoms. The van der Waals surface area contributed by atoms with Gasteiger partial charge in [0.05, 0.1) is 0 Å². The minimum absolute atomic E-state index is 0.0574. The first-order chi connectivity index (χ1) is 6.20. The summed E-state index contributed by atoms with van der Waals surface area (Å²) in [7, 11) is 0. The van der Waals surface area contributed by atoms with Crippen molar-refractivity contribution in [1.29, 1.82) is 0 Å². The Morgan fingerprint density at radius 2 is 2.23 bits per heavy atom. The van der Waals surface area contributed by atoms with Gasteiger partial charge in [-0.25, -0.2) is 0 Å². The molecule has 0 saturated heterocycles. The predicted molar refractivity (Wildman–Crippen MR) is 50.6 cm³/mol. The van der Waals surface area contributed by atoms with Crippen LogP contribution in [0.5, 0.6) is 0 Å². The second-order valence-corrected chi connectivity index (χ2v) is 2.79. The molecule has 0 aromatic heterocycles. The SMILES string of the molecule is CCCC(=O)NCCCC(N)=NO. The molecule has 0 aromatic rings. The van der Waals surface area contributed by atoms with E-state index in [0.29, 0.717) is 25.8 Å². The van der Waals surface area contributed by atoms with E-state index in [1.165, 1.54) is 0 Å². The van der Waals surface area contributed by atoms with Gasteiger partial charge in [-0.3, -0.25) is 4.79 Å². The minimum Gasteiger partial charge on any atom is -0.409 e. The summed E-state index contributed by atoms with van der Waals surface area (Å²) in [6.45, 7) is 2.53. The summed E-state index contributed by atoms with van der Waals surface area (Å²) >= 11 is 0. The lowest BCUT2D eigenvalue weighted by molar-refractivity contribution is -0.121. The van der Waals surface area contributed by atoms with Crippen molar-refractivity contribution >= 4 is 11.7 Å². The second kappa shape index (κ2) is 7.39. The summed E-state index contributed by atoms with van der Waals surface area (Å²) in [4.78, 5) is 10.9. The molecule has 0 aromatic carbocycles. The number of amides is 1. The lowest BCUT2D eigenvalue weighted by atomic mass is 10.3. The fourth-order valence-corrected chi connectivity index (χ4v) is 0.863. The molecule has 0 spiro atoms. The van der Waals surface area contributed by atoms with Crippen LogP contribution in [-0.4, -0.2) is 23.5 Å². The van der Waals surface area contributed by atoms with Crippen LogP contribution >= 0.6 is 0 Å². The van der Waals surface area contributed by atoms with Gasteiger partial charge in [-0.05, 0) is 12.8 Å². The fourth-order valence-electron chi connectivity index (χ4n) is 0.863. The fraction of sp³-hybridized carbons (Fsp3) is 0.750. The van der Waals surface area contributed by atoms with Gasteiger partial charge >= 0.3 is 0 Å². The molecular formula is C8H17N3O2. The maximum absolute atomic E-state index is 10.9. The molecule has 0 unspecified atom stereocenters. The van der Waals surface area contributed by atoms with Gasteiger partial charge in [0.25, 0.3) is 0 Å². The standard InChI is InChI=1S/C8H17N3O2/c1-2-4-8(12)10-6-3-5-7(9)11-13/h13H,2-6H2,1H3,(H2,9,11)(H,10,12). The van der Waals surface area contributed by atoms with Crippen LogP contribution in [0.3, 0.4) is 0 Å². The molecule has 0 atom stereocenters. The number of carbonyl (C=O) groups excluding carboxylic acids is 1. The van der Waals surface area contributed by atoms with Crippen LogP contribution in [0.15, 0.2) is 5.16 Å². The molecule has 1 amide bonds. The predicted octanol–water partition coefficient (Wildman–Crippen LogP) is 0.429. The van der Waals surface area contributed by atoms with Crippen LogP contribution in [0.25, 0.3) is 0 Å². The molecule has 0 saturated carbocycles. The van der Waals surface area contributed by atoms with E-state index >= 15 is 0 Å². The van der Waals surface area contributed by atoms with Crippen molar-refractivity contribution in [1.82, 2.24) is 5.32 Å². The molecule has 0 heterocycles. The summed E-state index contributed by atoms with van der Waals surface area (Å²) in [6.07, 6.45) is 2.61. The highest BCUT2D eigenvalue weighted by Crippen LogP contribution is 1.89. The molecular weight excluding hydrogens is 170 g/mol. The summed E-state index contributed by atoms with van der Waals surface area (Å²) in [5.41, 5.74) is 5.24. The van der Waals surface area contributed by atoms with E-state index in [2.05, 4.69) is 10.5 Å². The Bertz CT molecular complexity index is 180. The Balaban J connectivity index is 3.30. The molecule has 76 valence electrons. The third kappa shape index (κ3) is 7.11. The van der Waals surface area contributed by atoms with E-state index < -0.39 is 0 Å². The van der Waals surface area contributed by atoms with Gasteiger partial charge in [-0.2, -0.15) is 0 Å². The van der Waals surface area contributed by atoms with Crippen molar-refractivity contribution in [2.24, 2.45) is 10.9 Å². The summed E-state index contributed by atoms with van der Waals surface area (Å²) in [5.74, 6) is 0.256. The Labute approximate surface area is 78.0 Å². The van der Waals surface area contributed by atoms with Gasteiger partial charge in [0.15, 0.2) is 0 Å².